The lowest BCUT2D eigenvalue weighted by atomic mass is 10.2. The van der Waals surface area contributed by atoms with Gasteiger partial charge in [-0.3, -0.25) is 4.40 Å². The molecule has 1 aromatic carbocycles. The van der Waals surface area contributed by atoms with Crippen LogP contribution >= 0.6 is 0 Å². The van der Waals surface area contributed by atoms with Crippen LogP contribution in [-0.4, -0.2) is 28.0 Å². The molecular weight excluding hydrogens is 297 g/mol. The van der Waals surface area contributed by atoms with E-state index in [2.05, 4.69) is 20.3 Å². The Balaban J connectivity index is 2.05. The van der Waals surface area contributed by atoms with Crippen molar-refractivity contribution in [1.82, 2.24) is 14.6 Å². The highest BCUT2D eigenvalue weighted by Crippen LogP contribution is 2.27. The number of benzene rings is 1. The molecule has 0 saturated heterocycles. The van der Waals surface area contributed by atoms with Crippen molar-refractivity contribution in [3.8, 4) is 17.1 Å². The van der Waals surface area contributed by atoms with E-state index in [0.717, 1.165) is 5.69 Å². The smallest absolute Gasteiger partial charge is 0.406 e. The number of aromatic nitrogens is 3. The average molecular weight is 308 g/mol. The third-order valence-electron chi connectivity index (χ3n) is 3.02. The molecule has 0 saturated carbocycles. The Hall–Kier alpha value is -2.77. The zero-order valence-electron chi connectivity index (χ0n) is 11.4. The highest BCUT2D eigenvalue weighted by atomic mass is 19.4. The van der Waals surface area contributed by atoms with Gasteiger partial charge in [-0.2, -0.15) is 0 Å². The van der Waals surface area contributed by atoms with E-state index < -0.39 is 6.36 Å². The summed E-state index contributed by atoms with van der Waals surface area (Å²) in [4.78, 5) is 0. The average Bonchev–Trinajstić information content (AvgIpc) is 2.88. The Labute approximate surface area is 123 Å². The predicted molar refractivity (Wildman–Crippen MR) is 74.7 cm³/mol. The van der Waals surface area contributed by atoms with Crippen LogP contribution in [0.15, 0.2) is 42.6 Å². The van der Waals surface area contributed by atoms with Gasteiger partial charge in [0.05, 0.1) is 5.69 Å². The van der Waals surface area contributed by atoms with Crippen molar-refractivity contribution in [1.29, 1.82) is 0 Å². The van der Waals surface area contributed by atoms with Crippen LogP contribution in [-0.2, 0) is 0 Å². The molecule has 0 radical (unpaired) electrons. The third-order valence-corrected chi connectivity index (χ3v) is 3.02. The minimum Gasteiger partial charge on any atom is -0.406 e. The maximum Gasteiger partial charge on any atom is 0.573 e. The Kier molecular flexibility index (Phi) is 3.36. The summed E-state index contributed by atoms with van der Waals surface area (Å²) in [5, 5.41) is 11.0. The van der Waals surface area contributed by atoms with Crippen molar-refractivity contribution in [2.45, 2.75) is 6.36 Å². The number of anilines is 1. The number of fused-ring (bicyclic) bond motifs is 1. The topological polar surface area (TPSA) is 51.5 Å². The van der Waals surface area contributed by atoms with E-state index in [1.165, 1.54) is 18.2 Å². The molecule has 8 heteroatoms. The summed E-state index contributed by atoms with van der Waals surface area (Å²) in [7, 11) is 1.77. The van der Waals surface area contributed by atoms with E-state index in [1.807, 2.05) is 6.07 Å². The van der Waals surface area contributed by atoms with Gasteiger partial charge in [-0.05, 0) is 24.3 Å². The Morgan fingerprint density at radius 2 is 1.95 bits per heavy atom. The fraction of sp³-hybridized carbons (Fsp3) is 0.143. The molecule has 0 unspecified atom stereocenters. The van der Waals surface area contributed by atoms with Crippen LogP contribution in [0.1, 0.15) is 0 Å². The Morgan fingerprint density at radius 3 is 2.68 bits per heavy atom. The van der Waals surface area contributed by atoms with Crippen molar-refractivity contribution in [3.05, 3.63) is 42.6 Å². The number of nitrogens with zero attached hydrogens (tertiary/aromatic N) is 3. The summed E-state index contributed by atoms with van der Waals surface area (Å²) in [5.74, 6) is 0.131. The zero-order valence-corrected chi connectivity index (χ0v) is 11.4. The zero-order chi connectivity index (χ0) is 15.7. The van der Waals surface area contributed by atoms with Gasteiger partial charge in [0.25, 0.3) is 0 Å². The number of halogens is 3. The first-order valence-corrected chi connectivity index (χ1v) is 6.35. The number of hydrogen-bond acceptors (Lipinski definition) is 4. The van der Waals surface area contributed by atoms with E-state index in [4.69, 9.17) is 0 Å². The molecule has 114 valence electrons. The van der Waals surface area contributed by atoms with E-state index >= 15 is 0 Å². The van der Waals surface area contributed by atoms with E-state index in [-0.39, 0.29) is 5.75 Å². The van der Waals surface area contributed by atoms with Crippen molar-refractivity contribution in [2.75, 3.05) is 12.4 Å². The monoisotopic (exact) mass is 308 g/mol. The van der Waals surface area contributed by atoms with Gasteiger partial charge in [-0.1, -0.05) is 12.1 Å². The maximum atomic E-state index is 12.3. The van der Waals surface area contributed by atoms with Gasteiger partial charge in [0.2, 0.25) is 0 Å². The SMILES string of the molecule is CNc1ccc2nnc(-c3cccc(OC(F)(F)F)c3)n2c1. The predicted octanol–water partition coefficient (Wildman–Crippen LogP) is 3.34. The second-order valence-corrected chi connectivity index (χ2v) is 4.50. The molecule has 0 aliphatic carbocycles. The van der Waals surface area contributed by atoms with Crippen LogP contribution in [0.4, 0.5) is 18.9 Å². The molecular formula is C14H11F3N4O. The normalized spacial score (nSPS) is 11.6. The van der Waals surface area contributed by atoms with Crippen LogP contribution in [0.5, 0.6) is 5.75 Å². The van der Waals surface area contributed by atoms with Gasteiger partial charge in [0.1, 0.15) is 5.75 Å². The lowest BCUT2D eigenvalue weighted by molar-refractivity contribution is -0.274. The van der Waals surface area contributed by atoms with Gasteiger partial charge in [0, 0.05) is 18.8 Å². The minimum absolute atomic E-state index is 0.300. The summed E-state index contributed by atoms with van der Waals surface area (Å²) in [6.07, 6.45) is -2.97. The summed E-state index contributed by atoms with van der Waals surface area (Å²) in [5.41, 5.74) is 1.90. The van der Waals surface area contributed by atoms with Crippen LogP contribution in [0.25, 0.3) is 17.0 Å². The molecule has 0 spiro atoms. The first kappa shape index (κ1) is 14.2. The Bertz CT molecular complexity index is 813. The number of rotatable bonds is 3. The fourth-order valence-corrected chi connectivity index (χ4v) is 2.07. The minimum atomic E-state index is -4.73. The summed E-state index contributed by atoms with van der Waals surface area (Å²) >= 11 is 0. The molecule has 2 heterocycles. The number of pyridine rings is 1. The molecule has 0 aliphatic rings. The third kappa shape index (κ3) is 2.80. The fourth-order valence-electron chi connectivity index (χ4n) is 2.07. The van der Waals surface area contributed by atoms with Gasteiger partial charge in [0.15, 0.2) is 11.5 Å². The van der Waals surface area contributed by atoms with Gasteiger partial charge >= 0.3 is 6.36 Å². The van der Waals surface area contributed by atoms with E-state index in [0.29, 0.717) is 17.0 Å². The quantitative estimate of drug-likeness (QED) is 0.806. The molecule has 0 bridgehead atoms. The first-order chi connectivity index (χ1) is 10.5. The van der Waals surface area contributed by atoms with Crippen LogP contribution in [0.3, 0.4) is 0 Å². The first-order valence-electron chi connectivity index (χ1n) is 6.35. The maximum absolute atomic E-state index is 12.3. The lowest BCUT2D eigenvalue weighted by Crippen LogP contribution is -2.17. The molecule has 0 fully saturated rings. The van der Waals surface area contributed by atoms with Crippen molar-refractivity contribution >= 4 is 11.3 Å². The van der Waals surface area contributed by atoms with Crippen LogP contribution in [0.2, 0.25) is 0 Å². The number of ether oxygens (including phenoxy) is 1. The highest BCUT2D eigenvalue weighted by Gasteiger charge is 2.31. The van der Waals surface area contributed by atoms with Crippen molar-refractivity contribution in [2.24, 2.45) is 0 Å². The summed E-state index contributed by atoms with van der Waals surface area (Å²) < 4.78 is 42.5. The van der Waals surface area contributed by atoms with Gasteiger partial charge in [-0.15, -0.1) is 23.4 Å². The molecule has 0 aliphatic heterocycles. The molecule has 5 nitrogen and oxygen atoms in total. The second kappa shape index (κ2) is 5.21. The molecule has 0 amide bonds. The van der Waals surface area contributed by atoms with Crippen molar-refractivity contribution < 1.29 is 17.9 Å². The molecule has 2 aromatic heterocycles. The molecule has 1 N–H and O–H groups in total. The lowest BCUT2D eigenvalue weighted by Gasteiger charge is -2.09. The molecule has 22 heavy (non-hydrogen) atoms. The Morgan fingerprint density at radius 1 is 1.14 bits per heavy atom. The number of nitrogens with one attached hydrogen (secondary N) is 1. The summed E-state index contributed by atoms with van der Waals surface area (Å²) in [6, 6.07) is 9.22. The highest BCUT2D eigenvalue weighted by molar-refractivity contribution is 5.63. The molecule has 0 atom stereocenters. The number of alkyl halides is 3. The van der Waals surface area contributed by atoms with E-state index in [9.17, 15) is 13.2 Å². The number of hydrogen-bond donors (Lipinski definition) is 1. The molecule has 3 rings (SSSR count). The van der Waals surface area contributed by atoms with Crippen LogP contribution in [0, 0.1) is 0 Å². The largest absolute Gasteiger partial charge is 0.573 e. The van der Waals surface area contributed by atoms with Gasteiger partial charge < -0.3 is 10.1 Å². The summed E-state index contributed by atoms with van der Waals surface area (Å²) in [6.45, 7) is 0. The second-order valence-electron chi connectivity index (χ2n) is 4.50. The van der Waals surface area contributed by atoms with Crippen molar-refractivity contribution in [3.63, 3.8) is 0 Å². The van der Waals surface area contributed by atoms with Gasteiger partial charge in [-0.25, -0.2) is 0 Å². The van der Waals surface area contributed by atoms with Crippen LogP contribution < -0.4 is 10.1 Å². The standard InChI is InChI=1S/C14H11F3N4O/c1-18-10-5-6-12-19-20-13(21(12)8-10)9-3-2-4-11(7-9)22-14(15,16)17/h2-8,18H,1H3. The molecule has 3 aromatic rings. The van der Waals surface area contributed by atoms with E-state index in [1.54, 1.807) is 29.8 Å².